The summed E-state index contributed by atoms with van der Waals surface area (Å²) >= 11 is 0. The molecule has 1 aliphatic rings. The Morgan fingerprint density at radius 1 is 1.04 bits per heavy atom. The Hall–Kier alpha value is -2.44. The van der Waals surface area contributed by atoms with Gasteiger partial charge < -0.3 is 20.4 Å². The highest BCUT2D eigenvalue weighted by Crippen LogP contribution is 2.19. The molecule has 0 atom stereocenters. The number of anilines is 2. The average molecular weight is 339 g/mol. The van der Waals surface area contributed by atoms with Crippen LogP contribution in [0.5, 0.6) is 0 Å². The largest absolute Gasteiger partial charge is 0.369 e. The maximum atomic E-state index is 12.0. The molecule has 1 amide bonds. The number of hydrogen-bond acceptors (Lipinski definition) is 5. The molecule has 6 nitrogen and oxygen atoms in total. The summed E-state index contributed by atoms with van der Waals surface area (Å²) in [6.45, 7) is 5.19. The minimum Gasteiger partial charge on any atom is -0.369 e. The van der Waals surface area contributed by atoms with Crippen molar-refractivity contribution >= 4 is 17.3 Å². The van der Waals surface area contributed by atoms with Crippen LogP contribution in [0.2, 0.25) is 0 Å². The summed E-state index contributed by atoms with van der Waals surface area (Å²) < 4.78 is 0. The monoisotopic (exact) mass is 339 g/mol. The van der Waals surface area contributed by atoms with E-state index in [0.29, 0.717) is 6.54 Å². The molecule has 3 rings (SSSR count). The van der Waals surface area contributed by atoms with E-state index in [-0.39, 0.29) is 12.5 Å². The van der Waals surface area contributed by atoms with Crippen LogP contribution in [-0.2, 0) is 11.3 Å². The Bertz CT molecular complexity index is 666. The van der Waals surface area contributed by atoms with Crippen molar-refractivity contribution in [1.29, 1.82) is 0 Å². The average Bonchev–Trinajstić information content (AvgIpc) is 2.64. The maximum absolute atomic E-state index is 12.0. The summed E-state index contributed by atoms with van der Waals surface area (Å²) in [5.74, 6) is -0.0404. The number of pyridine rings is 1. The number of hydrogen-bond donors (Lipinski definition) is 2. The Morgan fingerprint density at radius 2 is 1.72 bits per heavy atom. The van der Waals surface area contributed by atoms with E-state index >= 15 is 0 Å². The lowest BCUT2D eigenvalue weighted by Crippen LogP contribution is -2.44. The zero-order valence-corrected chi connectivity index (χ0v) is 14.6. The number of nitrogens with one attached hydrogen (secondary N) is 2. The number of piperazine rings is 1. The summed E-state index contributed by atoms with van der Waals surface area (Å²) in [4.78, 5) is 20.7. The van der Waals surface area contributed by atoms with Gasteiger partial charge in [-0.15, -0.1) is 0 Å². The van der Waals surface area contributed by atoms with E-state index in [1.807, 2.05) is 24.3 Å². The van der Waals surface area contributed by atoms with Crippen molar-refractivity contribution in [2.45, 2.75) is 6.54 Å². The van der Waals surface area contributed by atoms with Gasteiger partial charge in [0, 0.05) is 56.5 Å². The Balaban J connectivity index is 1.44. The molecule has 2 heterocycles. The lowest BCUT2D eigenvalue weighted by Gasteiger charge is -2.34. The normalized spacial score (nSPS) is 15.2. The van der Waals surface area contributed by atoms with E-state index in [4.69, 9.17) is 0 Å². The summed E-state index contributed by atoms with van der Waals surface area (Å²) in [5.41, 5.74) is 3.15. The highest BCUT2D eigenvalue weighted by Gasteiger charge is 2.14. The van der Waals surface area contributed by atoms with Gasteiger partial charge >= 0.3 is 0 Å². The van der Waals surface area contributed by atoms with Crippen molar-refractivity contribution in [1.82, 2.24) is 15.2 Å². The predicted molar refractivity (Wildman–Crippen MR) is 101 cm³/mol. The third-order valence-electron chi connectivity index (χ3n) is 4.38. The van der Waals surface area contributed by atoms with Crippen molar-refractivity contribution in [2.24, 2.45) is 0 Å². The second kappa shape index (κ2) is 8.60. The minimum absolute atomic E-state index is 0.0404. The zero-order chi connectivity index (χ0) is 17.5. The molecule has 0 bridgehead atoms. The van der Waals surface area contributed by atoms with Gasteiger partial charge in [-0.05, 0) is 49.0 Å². The summed E-state index contributed by atoms with van der Waals surface area (Å²) in [7, 11) is 2.15. The molecular weight excluding hydrogens is 314 g/mol. The first-order chi connectivity index (χ1) is 12.2. The van der Waals surface area contributed by atoms with Crippen LogP contribution >= 0.6 is 0 Å². The van der Waals surface area contributed by atoms with Gasteiger partial charge in [0.05, 0.1) is 6.54 Å². The number of carbonyl (C=O) groups is 1. The lowest BCUT2D eigenvalue weighted by molar-refractivity contribution is -0.115. The summed E-state index contributed by atoms with van der Waals surface area (Å²) in [6, 6.07) is 11.9. The van der Waals surface area contributed by atoms with Crippen molar-refractivity contribution in [3.8, 4) is 0 Å². The first-order valence-corrected chi connectivity index (χ1v) is 8.64. The second-order valence-corrected chi connectivity index (χ2v) is 6.34. The van der Waals surface area contributed by atoms with Gasteiger partial charge in [0.1, 0.15) is 0 Å². The second-order valence-electron chi connectivity index (χ2n) is 6.34. The summed E-state index contributed by atoms with van der Waals surface area (Å²) in [6.07, 6.45) is 3.50. The first-order valence-electron chi connectivity index (χ1n) is 8.64. The topological polar surface area (TPSA) is 60.5 Å². The molecule has 25 heavy (non-hydrogen) atoms. The standard InChI is InChI=1S/C19H25N5O/c1-23-10-12-24(13-11-23)18-4-2-17(3-5-18)22-19(25)15-21-14-16-6-8-20-9-7-16/h2-9,21H,10-15H2,1H3,(H,22,25). The van der Waals surface area contributed by atoms with Crippen molar-refractivity contribution in [3.63, 3.8) is 0 Å². The van der Waals surface area contributed by atoms with Crippen LogP contribution in [0.25, 0.3) is 0 Å². The third kappa shape index (κ3) is 5.27. The predicted octanol–water partition coefficient (Wildman–Crippen LogP) is 1.56. The van der Waals surface area contributed by atoms with Crippen LogP contribution in [0.3, 0.4) is 0 Å². The molecule has 132 valence electrons. The van der Waals surface area contributed by atoms with E-state index < -0.39 is 0 Å². The number of nitrogens with zero attached hydrogens (tertiary/aromatic N) is 3. The summed E-state index contributed by atoms with van der Waals surface area (Å²) in [5, 5.41) is 6.06. The Kier molecular flexibility index (Phi) is 5.98. The van der Waals surface area contributed by atoms with Gasteiger partial charge in [-0.25, -0.2) is 0 Å². The van der Waals surface area contributed by atoms with E-state index in [1.54, 1.807) is 12.4 Å². The van der Waals surface area contributed by atoms with Gasteiger partial charge in [0.2, 0.25) is 5.91 Å². The van der Waals surface area contributed by atoms with Gasteiger partial charge in [-0.3, -0.25) is 9.78 Å². The number of amides is 1. The van der Waals surface area contributed by atoms with Gasteiger partial charge in [0.25, 0.3) is 0 Å². The van der Waals surface area contributed by atoms with Gasteiger partial charge in [-0.2, -0.15) is 0 Å². The number of benzene rings is 1. The fraction of sp³-hybridized carbons (Fsp3) is 0.368. The van der Waals surface area contributed by atoms with Crippen molar-refractivity contribution < 1.29 is 4.79 Å². The molecule has 1 aromatic heterocycles. The quantitative estimate of drug-likeness (QED) is 0.836. The minimum atomic E-state index is -0.0404. The van der Waals surface area contributed by atoms with Crippen molar-refractivity contribution in [2.75, 3.05) is 50.0 Å². The molecule has 1 saturated heterocycles. The molecule has 1 aromatic carbocycles. The van der Waals surface area contributed by atoms with Crippen LogP contribution in [0.1, 0.15) is 5.56 Å². The van der Waals surface area contributed by atoms with E-state index in [2.05, 4.69) is 44.6 Å². The van der Waals surface area contributed by atoms with E-state index in [0.717, 1.165) is 37.4 Å². The molecule has 0 aliphatic carbocycles. The molecule has 2 aromatic rings. The Labute approximate surface area is 148 Å². The van der Waals surface area contributed by atoms with Gasteiger partial charge in [-0.1, -0.05) is 0 Å². The highest BCUT2D eigenvalue weighted by molar-refractivity contribution is 5.92. The van der Waals surface area contributed by atoms with Crippen LogP contribution < -0.4 is 15.5 Å². The molecule has 2 N–H and O–H groups in total. The third-order valence-corrected chi connectivity index (χ3v) is 4.38. The first kappa shape index (κ1) is 17.4. The Morgan fingerprint density at radius 3 is 2.40 bits per heavy atom. The molecule has 1 aliphatic heterocycles. The fourth-order valence-corrected chi connectivity index (χ4v) is 2.85. The smallest absolute Gasteiger partial charge is 0.238 e. The van der Waals surface area contributed by atoms with E-state index in [9.17, 15) is 4.79 Å². The van der Waals surface area contributed by atoms with Crippen molar-refractivity contribution in [3.05, 3.63) is 54.4 Å². The van der Waals surface area contributed by atoms with Crippen LogP contribution in [-0.4, -0.2) is 55.6 Å². The SMILES string of the molecule is CN1CCN(c2ccc(NC(=O)CNCc3ccncc3)cc2)CC1. The van der Waals surface area contributed by atoms with Gasteiger partial charge in [0.15, 0.2) is 0 Å². The molecule has 0 unspecified atom stereocenters. The molecule has 0 saturated carbocycles. The van der Waals surface area contributed by atoms with Crippen LogP contribution in [0.15, 0.2) is 48.8 Å². The highest BCUT2D eigenvalue weighted by atomic mass is 16.1. The fourth-order valence-electron chi connectivity index (χ4n) is 2.85. The molecule has 0 spiro atoms. The maximum Gasteiger partial charge on any atom is 0.238 e. The number of rotatable bonds is 6. The molecular formula is C19H25N5O. The van der Waals surface area contributed by atoms with E-state index in [1.165, 1.54) is 5.69 Å². The molecule has 1 fully saturated rings. The number of aromatic nitrogens is 1. The number of carbonyl (C=O) groups excluding carboxylic acids is 1. The zero-order valence-electron chi connectivity index (χ0n) is 14.6. The molecule has 6 heteroatoms. The lowest BCUT2D eigenvalue weighted by atomic mass is 10.2. The molecule has 0 radical (unpaired) electrons. The van der Waals surface area contributed by atoms with Crippen LogP contribution in [0.4, 0.5) is 11.4 Å². The number of likely N-dealkylation sites (N-methyl/N-ethyl adjacent to an activating group) is 1. The van der Waals surface area contributed by atoms with Crippen LogP contribution in [0, 0.1) is 0 Å².